The Bertz CT molecular complexity index is 387. The molecule has 0 radical (unpaired) electrons. The number of carbonyl (C=O) groups is 1. The van der Waals surface area contributed by atoms with Crippen LogP contribution in [0.2, 0.25) is 0 Å². The molecule has 1 aromatic rings. The Morgan fingerprint density at radius 2 is 1.78 bits per heavy atom. The van der Waals surface area contributed by atoms with Crippen LogP contribution in [0.1, 0.15) is 21.5 Å². The number of hydrogen-bond acceptors (Lipinski definition) is 4. The fourth-order valence-corrected chi connectivity index (χ4v) is 1.39. The molecule has 0 aliphatic heterocycles. The minimum atomic E-state index is -0.312. The van der Waals surface area contributed by atoms with Gasteiger partial charge in [0.15, 0.2) is 0 Å². The summed E-state index contributed by atoms with van der Waals surface area (Å²) in [7, 11) is 1.61. The molecule has 0 saturated heterocycles. The summed E-state index contributed by atoms with van der Waals surface area (Å²) >= 11 is 0. The Morgan fingerprint density at radius 1 is 1.06 bits per heavy atom. The molecule has 4 nitrogen and oxygen atoms in total. The van der Waals surface area contributed by atoms with Crippen molar-refractivity contribution < 1.29 is 19.0 Å². The Labute approximate surface area is 108 Å². The fourth-order valence-electron chi connectivity index (χ4n) is 1.39. The molecule has 0 aliphatic carbocycles. The first-order valence-corrected chi connectivity index (χ1v) is 5.96. The van der Waals surface area contributed by atoms with Crippen molar-refractivity contribution in [3.05, 3.63) is 34.9 Å². The second kappa shape index (κ2) is 7.84. The summed E-state index contributed by atoms with van der Waals surface area (Å²) in [5.74, 6) is -0.312. The van der Waals surface area contributed by atoms with E-state index < -0.39 is 0 Å². The van der Waals surface area contributed by atoms with Crippen molar-refractivity contribution in [2.24, 2.45) is 0 Å². The van der Waals surface area contributed by atoms with Crippen LogP contribution in [0.25, 0.3) is 0 Å². The van der Waals surface area contributed by atoms with Gasteiger partial charge < -0.3 is 14.2 Å². The number of hydrogen-bond donors (Lipinski definition) is 0. The highest BCUT2D eigenvalue weighted by molar-refractivity contribution is 5.89. The fraction of sp³-hybridized carbons (Fsp3) is 0.500. The molecule has 0 fully saturated rings. The first kappa shape index (κ1) is 14.7. The van der Waals surface area contributed by atoms with Gasteiger partial charge in [-0.15, -0.1) is 0 Å². The molecule has 0 amide bonds. The van der Waals surface area contributed by atoms with Gasteiger partial charge in [0.2, 0.25) is 0 Å². The standard InChI is InChI=1S/C14H20O4/c1-11-4-5-13(10-12(11)2)14(15)18-9-8-17-7-6-16-3/h4-5,10H,6-9H2,1-3H3. The van der Waals surface area contributed by atoms with Crippen LogP contribution in [0.15, 0.2) is 18.2 Å². The lowest BCUT2D eigenvalue weighted by molar-refractivity contribution is 0.0213. The number of benzene rings is 1. The lowest BCUT2D eigenvalue weighted by Gasteiger charge is -2.07. The summed E-state index contributed by atoms with van der Waals surface area (Å²) < 4.78 is 15.1. The molecular formula is C14H20O4. The summed E-state index contributed by atoms with van der Waals surface area (Å²) in [6, 6.07) is 5.53. The number of aryl methyl sites for hydroxylation is 2. The summed E-state index contributed by atoms with van der Waals surface area (Å²) in [5.41, 5.74) is 2.82. The topological polar surface area (TPSA) is 44.8 Å². The third kappa shape index (κ3) is 4.85. The van der Waals surface area contributed by atoms with Crippen LogP contribution < -0.4 is 0 Å². The summed E-state index contributed by atoms with van der Waals surface area (Å²) in [5, 5.41) is 0. The Hall–Kier alpha value is -1.39. The lowest BCUT2D eigenvalue weighted by atomic mass is 10.1. The van der Waals surface area contributed by atoms with E-state index >= 15 is 0 Å². The molecule has 18 heavy (non-hydrogen) atoms. The maximum Gasteiger partial charge on any atom is 0.338 e. The Kier molecular flexibility index (Phi) is 6.39. The molecular weight excluding hydrogens is 232 g/mol. The smallest absolute Gasteiger partial charge is 0.338 e. The summed E-state index contributed by atoms with van der Waals surface area (Å²) in [6.45, 7) is 5.69. The molecule has 0 aliphatic rings. The Balaban J connectivity index is 2.30. The van der Waals surface area contributed by atoms with Crippen LogP contribution in [-0.2, 0) is 14.2 Å². The molecule has 0 aromatic heterocycles. The van der Waals surface area contributed by atoms with E-state index in [0.29, 0.717) is 25.4 Å². The van der Waals surface area contributed by atoms with E-state index in [0.717, 1.165) is 11.1 Å². The average molecular weight is 252 g/mol. The van der Waals surface area contributed by atoms with Gasteiger partial charge in [0.25, 0.3) is 0 Å². The quantitative estimate of drug-likeness (QED) is 0.551. The molecule has 1 rings (SSSR count). The van der Waals surface area contributed by atoms with Crippen molar-refractivity contribution in [1.82, 2.24) is 0 Å². The van der Waals surface area contributed by atoms with Crippen molar-refractivity contribution in [3.8, 4) is 0 Å². The highest BCUT2D eigenvalue weighted by atomic mass is 16.6. The van der Waals surface area contributed by atoms with Crippen LogP contribution in [0.5, 0.6) is 0 Å². The van der Waals surface area contributed by atoms with Gasteiger partial charge in [0.05, 0.1) is 25.4 Å². The molecule has 1 aromatic carbocycles. The third-order valence-corrected chi connectivity index (χ3v) is 2.64. The number of rotatable bonds is 7. The first-order valence-electron chi connectivity index (χ1n) is 5.96. The number of esters is 1. The van der Waals surface area contributed by atoms with Crippen LogP contribution in [0, 0.1) is 13.8 Å². The van der Waals surface area contributed by atoms with Crippen molar-refractivity contribution >= 4 is 5.97 Å². The van der Waals surface area contributed by atoms with Gasteiger partial charge in [-0.1, -0.05) is 6.07 Å². The van der Waals surface area contributed by atoms with E-state index in [1.165, 1.54) is 0 Å². The van der Waals surface area contributed by atoms with Crippen molar-refractivity contribution in [2.75, 3.05) is 33.5 Å². The van der Waals surface area contributed by atoms with Crippen LogP contribution in [-0.4, -0.2) is 39.5 Å². The van der Waals surface area contributed by atoms with Crippen LogP contribution >= 0.6 is 0 Å². The second-order valence-corrected chi connectivity index (χ2v) is 4.04. The largest absolute Gasteiger partial charge is 0.460 e. The maximum absolute atomic E-state index is 11.7. The molecule has 0 N–H and O–H groups in total. The predicted molar refractivity (Wildman–Crippen MR) is 68.9 cm³/mol. The second-order valence-electron chi connectivity index (χ2n) is 4.04. The van der Waals surface area contributed by atoms with Gasteiger partial charge in [-0.2, -0.15) is 0 Å². The minimum Gasteiger partial charge on any atom is -0.460 e. The molecule has 0 bridgehead atoms. The van der Waals surface area contributed by atoms with E-state index in [4.69, 9.17) is 14.2 Å². The van der Waals surface area contributed by atoms with E-state index in [2.05, 4.69) is 0 Å². The average Bonchev–Trinajstić information content (AvgIpc) is 2.36. The highest BCUT2D eigenvalue weighted by Crippen LogP contribution is 2.10. The molecule has 0 unspecified atom stereocenters. The number of methoxy groups -OCH3 is 1. The maximum atomic E-state index is 11.7. The van der Waals surface area contributed by atoms with Gasteiger partial charge in [0.1, 0.15) is 6.61 Å². The number of carbonyl (C=O) groups excluding carboxylic acids is 1. The molecule has 0 heterocycles. The molecule has 0 spiro atoms. The Morgan fingerprint density at radius 3 is 2.44 bits per heavy atom. The molecule has 4 heteroatoms. The van der Waals surface area contributed by atoms with Gasteiger partial charge >= 0.3 is 5.97 Å². The summed E-state index contributed by atoms with van der Waals surface area (Å²) in [4.78, 5) is 11.7. The monoisotopic (exact) mass is 252 g/mol. The molecule has 0 saturated carbocycles. The number of ether oxygens (including phenoxy) is 3. The van der Waals surface area contributed by atoms with E-state index in [1.807, 2.05) is 26.0 Å². The van der Waals surface area contributed by atoms with Crippen LogP contribution in [0.3, 0.4) is 0 Å². The third-order valence-electron chi connectivity index (χ3n) is 2.64. The lowest BCUT2D eigenvalue weighted by Crippen LogP contribution is -2.12. The molecule has 0 atom stereocenters. The molecule has 100 valence electrons. The van der Waals surface area contributed by atoms with E-state index in [9.17, 15) is 4.79 Å². The zero-order valence-corrected chi connectivity index (χ0v) is 11.2. The van der Waals surface area contributed by atoms with Gasteiger partial charge in [-0.05, 0) is 37.1 Å². The van der Waals surface area contributed by atoms with Crippen LogP contribution in [0.4, 0.5) is 0 Å². The normalized spacial score (nSPS) is 10.4. The zero-order valence-electron chi connectivity index (χ0n) is 11.2. The van der Waals surface area contributed by atoms with Crippen molar-refractivity contribution in [1.29, 1.82) is 0 Å². The van der Waals surface area contributed by atoms with Gasteiger partial charge in [-0.25, -0.2) is 4.79 Å². The highest BCUT2D eigenvalue weighted by Gasteiger charge is 2.07. The van der Waals surface area contributed by atoms with Crippen molar-refractivity contribution in [3.63, 3.8) is 0 Å². The van der Waals surface area contributed by atoms with E-state index in [1.54, 1.807) is 13.2 Å². The predicted octanol–water partition coefficient (Wildman–Crippen LogP) is 2.12. The van der Waals surface area contributed by atoms with E-state index in [-0.39, 0.29) is 12.6 Å². The van der Waals surface area contributed by atoms with Gasteiger partial charge in [0, 0.05) is 7.11 Å². The minimum absolute atomic E-state index is 0.259. The zero-order chi connectivity index (χ0) is 13.4. The van der Waals surface area contributed by atoms with Crippen molar-refractivity contribution in [2.45, 2.75) is 13.8 Å². The van der Waals surface area contributed by atoms with Gasteiger partial charge in [-0.3, -0.25) is 0 Å². The SMILES string of the molecule is COCCOCCOC(=O)c1ccc(C)c(C)c1. The summed E-state index contributed by atoms with van der Waals surface area (Å²) in [6.07, 6.45) is 0. The first-order chi connectivity index (χ1) is 8.65.